The number of nitrogen functional groups attached to an aromatic ring is 1. The number of hydrogen-bond acceptors (Lipinski definition) is 4. The Labute approximate surface area is 100 Å². The van der Waals surface area contributed by atoms with Gasteiger partial charge in [-0.15, -0.1) is 0 Å². The number of amides is 1. The molecule has 1 aliphatic rings. The Balaban J connectivity index is 1.96. The summed E-state index contributed by atoms with van der Waals surface area (Å²) in [6.07, 6.45) is 4.71. The molecule has 3 N–H and O–H groups in total. The van der Waals surface area contributed by atoms with E-state index in [1.54, 1.807) is 18.0 Å². The van der Waals surface area contributed by atoms with Crippen molar-refractivity contribution in [2.45, 2.75) is 31.9 Å². The number of β-amino-alcohol motifs (C(OH)–C–C–N with tert-alkyl or cyclic N) is 1. The van der Waals surface area contributed by atoms with Crippen molar-refractivity contribution in [1.82, 2.24) is 14.7 Å². The fraction of sp³-hybridized carbons (Fsp3) is 0.636. The van der Waals surface area contributed by atoms with Gasteiger partial charge in [-0.3, -0.25) is 9.48 Å². The number of hydrogen-bond donors (Lipinski definition) is 2. The lowest BCUT2D eigenvalue weighted by Gasteiger charge is -2.36. The minimum absolute atomic E-state index is 0.0342. The second kappa shape index (κ2) is 4.37. The number of aliphatic hydroxyl groups is 1. The summed E-state index contributed by atoms with van der Waals surface area (Å²) in [6, 6.07) is 0. The predicted octanol–water partition coefficient (Wildman–Crippen LogP) is -0.161. The van der Waals surface area contributed by atoms with E-state index in [9.17, 15) is 9.90 Å². The number of piperidine rings is 1. The van der Waals surface area contributed by atoms with Gasteiger partial charge < -0.3 is 15.7 Å². The van der Waals surface area contributed by atoms with Crippen molar-refractivity contribution in [2.24, 2.45) is 0 Å². The molecular formula is C11H18N4O2. The van der Waals surface area contributed by atoms with Gasteiger partial charge >= 0.3 is 0 Å². The van der Waals surface area contributed by atoms with Gasteiger partial charge in [0.05, 0.1) is 17.5 Å². The van der Waals surface area contributed by atoms with Crippen LogP contribution in [0.25, 0.3) is 0 Å². The summed E-state index contributed by atoms with van der Waals surface area (Å²) >= 11 is 0. The molecule has 1 unspecified atom stereocenters. The quantitative estimate of drug-likeness (QED) is 0.749. The van der Waals surface area contributed by atoms with Crippen LogP contribution >= 0.6 is 0 Å². The van der Waals surface area contributed by atoms with E-state index in [-0.39, 0.29) is 12.5 Å². The van der Waals surface area contributed by atoms with Crippen molar-refractivity contribution >= 4 is 11.6 Å². The summed E-state index contributed by atoms with van der Waals surface area (Å²) in [4.78, 5) is 13.7. The molecule has 17 heavy (non-hydrogen) atoms. The number of nitrogens with two attached hydrogens (primary N) is 1. The van der Waals surface area contributed by atoms with Crippen LogP contribution in [0, 0.1) is 0 Å². The monoisotopic (exact) mass is 238 g/mol. The van der Waals surface area contributed by atoms with Gasteiger partial charge in [0.25, 0.3) is 0 Å². The Kier molecular flexibility index (Phi) is 3.06. The summed E-state index contributed by atoms with van der Waals surface area (Å²) in [5, 5.41) is 13.9. The van der Waals surface area contributed by atoms with E-state index in [1.807, 2.05) is 0 Å². The third-order valence-corrected chi connectivity index (χ3v) is 2.98. The fourth-order valence-corrected chi connectivity index (χ4v) is 2.14. The van der Waals surface area contributed by atoms with Crippen LogP contribution in [0.2, 0.25) is 0 Å². The lowest BCUT2D eigenvalue weighted by atomic mass is 9.95. The van der Waals surface area contributed by atoms with E-state index in [4.69, 9.17) is 5.73 Å². The molecule has 6 nitrogen and oxygen atoms in total. The molecule has 1 atom stereocenters. The Morgan fingerprint density at radius 2 is 2.47 bits per heavy atom. The molecule has 2 rings (SSSR count). The third-order valence-electron chi connectivity index (χ3n) is 2.98. The lowest BCUT2D eigenvalue weighted by Crippen LogP contribution is -2.49. The number of nitrogens with zero attached hydrogens (tertiary/aromatic N) is 3. The number of likely N-dealkylation sites (tertiary alicyclic amines) is 1. The Morgan fingerprint density at radius 1 is 1.71 bits per heavy atom. The van der Waals surface area contributed by atoms with E-state index in [2.05, 4.69) is 5.10 Å². The molecule has 0 bridgehead atoms. The number of carbonyl (C=O) groups is 1. The SMILES string of the molecule is CC1(O)CCCN(C(=O)Cn2cc(N)cn2)C1. The van der Waals surface area contributed by atoms with Crippen LogP contribution in [0.4, 0.5) is 5.69 Å². The second-order valence-corrected chi connectivity index (χ2v) is 4.89. The lowest BCUT2D eigenvalue weighted by molar-refractivity contribution is -0.138. The number of aromatic nitrogens is 2. The normalized spacial score (nSPS) is 24.9. The maximum atomic E-state index is 12.0. The standard InChI is InChI=1S/C11H18N4O2/c1-11(17)3-2-4-14(8-11)10(16)7-15-6-9(12)5-13-15/h5-6,17H,2-4,7-8,12H2,1H3. The van der Waals surface area contributed by atoms with Crippen molar-refractivity contribution in [3.05, 3.63) is 12.4 Å². The summed E-state index contributed by atoms with van der Waals surface area (Å²) < 4.78 is 1.51. The predicted molar refractivity (Wildman–Crippen MR) is 63.1 cm³/mol. The molecule has 1 saturated heterocycles. The van der Waals surface area contributed by atoms with E-state index in [0.29, 0.717) is 18.8 Å². The molecular weight excluding hydrogens is 220 g/mol. The van der Waals surface area contributed by atoms with Crippen LogP contribution in [-0.4, -0.2) is 44.4 Å². The first-order chi connectivity index (χ1) is 7.96. The zero-order valence-corrected chi connectivity index (χ0v) is 9.96. The van der Waals surface area contributed by atoms with Crippen LogP contribution < -0.4 is 5.73 Å². The fourth-order valence-electron chi connectivity index (χ4n) is 2.14. The van der Waals surface area contributed by atoms with Gasteiger partial charge in [-0.1, -0.05) is 0 Å². The summed E-state index contributed by atoms with van der Waals surface area (Å²) in [5.74, 6) is -0.0342. The van der Waals surface area contributed by atoms with Gasteiger partial charge in [0.15, 0.2) is 0 Å². The van der Waals surface area contributed by atoms with Crippen LogP contribution in [0.5, 0.6) is 0 Å². The van der Waals surface area contributed by atoms with E-state index in [0.717, 1.165) is 12.8 Å². The highest BCUT2D eigenvalue weighted by atomic mass is 16.3. The van der Waals surface area contributed by atoms with Crippen LogP contribution in [0.3, 0.4) is 0 Å². The van der Waals surface area contributed by atoms with Crippen molar-refractivity contribution in [3.8, 4) is 0 Å². The maximum absolute atomic E-state index is 12.0. The van der Waals surface area contributed by atoms with E-state index in [1.165, 1.54) is 10.9 Å². The Bertz CT molecular complexity index is 413. The third kappa shape index (κ3) is 2.97. The highest BCUT2D eigenvalue weighted by Crippen LogP contribution is 2.20. The van der Waals surface area contributed by atoms with Crippen molar-refractivity contribution in [3.63, 3.8) is 0 Å². The molecule has 2 heterocycles. The maximum Gasteiger partial charge on any atom is 0.244 e. The Hall–Kier alpha value is -1.56. The highest BCUT2D eigenvalue weighted by molar-refractivity contribution is 5.76. The molecule has 6 heteroatoms. The first-order valence-corrected chi connectivity index (χ1v) is 5.74. The Morgan fingerprint density at radius 3 is 3.06 bits per heavy atom. The van der Waals surface area contributed by atoms with Gasteiger partial charge in [0.2, 0.25) is 5.91 Å². The summed E-state index contributed by atoms with van der Waals surface area (Å²) in [6.45, 7) is 3.03. The first-order valence-electron chi connectivity index (χ1n) is 5.74. The largest absolute Gasteiger partial charge is 0.396 e. The van der Waals surface area contributed by atoms with Gasteiger partial charge in [0.1, 0.15) is 6.54 Å². The van der Waals surface area contributed by atoms with E-state index >= 15 is 0 Å². The number of carbonyl (C=O) groups excluding carboxylic acids is 1. The minimum Gasteiger partial charge on any atom is -0.396 e. The summed E-state index contributed by atoms with van der Waals surface area (Å²) in [7, 11) is 0. The average Bonchev–Trinajstić information content (AvgIpc) is 2.62. The van der Waals surface area contributed by atoms with Gasteiger partial charge in [0, 0.05) is 19.3 Å². The molecule has 0 saturated carbocycles. The molecule has 94 valence electrons. The number of rotatable bonds is 2. The topological polar surface area (TPSA) is 84.4 Å². The average molecular weight is 238 g/mol. The van der Waals surface area contributed by atoms with Crippen LogP contribution in [0.1, 0.15) is 19.8 Å². The number of anilines is 1. The molecule has 0 aliphatic carbocycles. The molecule has 0 spiro atoms. The molecule has 1 amide bonds. The van der Waals surface area contributed by atoms with Crippen molar-refractivity contribution in [2.75, 3.05) is 18.8 Å². The molecule has 1 fully saturated rings. The van der Waals surface area contributed by atoms with E-state index < -0.39 is 5.60 Å². The zero-order chi connectivity index (χ0) is 12.5. The minimum atomic E-state index is -0.767. The van der Waals surface area contributed by atoms with Crippen LogP contribution in [0.15, 0.2) is 12.4 Å². The molecule has 1 aliphatic heterocycles. The molecule has 0 aromatic carbocycles. The van der Waals surface area contributed by atoms with Crippen molar-refractivity contribution in [1.29, 1.82) is 0 Å². The van der Waals surface area contributed by atoms with Gasteiger partial charge in [-0.2, -0.15) is 5.10 Å². The van der Waals surface area contributed by atoms with Crippen LogP contribution in [-0.2, 0) is 11.3 Å². The second-order valence-electron chi connectivity index (χ2n) is 4.89. The molecule has 1 aromatic rings. The van der Waals surface area contributed by atoms with Gasteiger partial charge in [-0.05, 0) is 19.8 Å². The zero-order valence-electron chi connectivity index (χ0n) is 9.96. The highest BCUT2D eigenvalue weighted by Gasteiger charge is 2.30. The first kappa shape index (κ1) is 11.9. The summed E-state index contributed by atoms with van der Waals surface area (Å²) in [5.41, 5.74) is 5.31. The molecule has 0 radical (unpaired) electrons. The van der Waals surface area contributed by atoms with Crippen molar-refractivity contribution < 1.29 is 9.90 Å². The van der Waals surface area contributed by atoms with Gasteiger partial charge in [-0.25, -0.2) is 0 Å². The molecule has 1 aromatic heterocycles. The smallest absolute Gasteiger partial charge is 0.244 e.